The molecule has 7 heteroatoms. The van der Waals surface area contributed by atoms with Gasteiger partial charge in [-0.3, -0.25) is 4.79 Å². The number of benzene rings is 1. The van der Waals surface area contributed by atoms with Crippen molar-refractivity contribution >= 4 is 29.3 Å². The van der Waals surface area contributed by atoms with Crippen LogP contribution in [0.15, 0.2) is 18.2 Å². The van der Waals surface area contributed by atoms with Crippen LogP contribution in [0.2, 0.25) is 5.02 Å². The largest absolute Gasteiger partial charge is 0.481 e. The van der Waals surface area contributed by atoms with Gasteiger partial charge in [-0.1, -0.05) is 18.0 Å². The van der Waals surface area contributed by atoms with Crippen molar-refractivity contribution in [1.29, 1.82) is 0 Å². The van der Waals surface area contributed by atoms with Gasteiger partial charge in [0.15, 0.2) is 0 Å². The van der Waals surface area contributed by atoms with E-state index in [0.29, 0.717) is 18.7 Å². The summed E-state index contributed by atoms with van der Waals surface area (Å²) in [6.07, 6.45) is 2.29. The molecule has 0 spiro atoms. The molecule has 21 heavy (non-hydrogen) atoms. The van der Waals surface area contributed by atoms with Gasteiger partial charge in [0.1, 0.15) is 5.82 Å². The van der Waals surface area contributed by atoms with E-state index < -0.39 is 23.7 Å². The summed E-state index contributed by atoms with van der Waals surface area (Å²) in [6.45, 7) is 0.293. The molecule has 0 radical (unpaired) electrons. The number of carboxylic acid groups (broad SMARTS) is 1. The second-order valence-electron chi connectivity index (χ2n) is 5.09. The molecule has 2 rings (SSSR count). The number of halogens is 2. The van der Waals surface area contributed by atoms with E-state index in [1.54, 1.807) is 0 Å². The summed E-state index contributed by atoms with van der Waals surface area (Å²) in [6, 6.07) is 3.18. The zero-order valence-electron chi connectivity index (χ0n) is 11.2. The van der Waals surface area contributed by atoms with Crippen LogP contribution < -0.4 is 10.6 Å². The third-order valence-corrected chi connectivity index (χ3v) is 3.99. The van der Waals surface area contributed by atoms with Crippen LogP contribution in [0.4, 0.5) is 14.9 Å². The standard InChI is InChI=1S/C14H16ClFN2O3/c15-11-6-9(16)4-5-12(11)18-14(21)17-7-8-2-1-3-10(8)13(19)20/h4-6,8,10H,1-3,7H2,(H,19,20)(H2,17,18,21). The Kier molecular flexibility index (Phi) is 5.01. The first kappa shape index (κ1) is 15.6. The Bertz CT molecular complexity index is 553. The smallest absolute Gasteiger partial charge is 0.319 e. The number of hydrogen-bond acceptors (Lipinski definition) is 2. The maximum Gasteiger partial charge on any atom is 0.319 e. The van der Waals surface area contributed by atoms with Crippen LogP contribution in [0.5, 0.6) is 0 Å². The first-order valence-corrected chi connectivity index (χ1v) is 7.08. The number of aliphatic carboxylic acids is 1. The fourth-order valence-corrected chi connectivity index (χ4v) is 2.80. The van der Waals surface area contributed by atoms with Gasteiger partial charge in [-0.2, -0.15) is 0 Å². The lowest BCUT2D eigenvalue weighted by molar-refractivity contribution is -0.142. The van der Waals surface area contributed by atoms with Crippen LogP contribution >= 0.6 is 11.6 Å². The van der Waals surface area contributed by atoms with Gasteiger partial charge in [0.2, 0.25) is 0 Å². The molecule has 2 unspecified atom stereocenters. The van der Waals surface area contributed by atoms with Crippen LogP contribution in [0.25, 0.3) is 0 Å². The first-order chi connectivity index (χ1) is 9.97. The summed E-state index contributed by atoms with van der Waals surface area (Å²) in [7, 11) is 0. The minimum atomic E-state index is -0.818. The highest BCUT2D eigenvalue weighted by atomic mass is 35.5. The Morgan fingerprint density at radius 3 is 2.81 bits per heavy atom. The number of carbonyl (C=O) groups is 2. The summed E-state index contributed by atoms with van der Waals surface area (Å²) in [5.41, 5.74) is 0.303. The van der Waals surface area contributed by atoms with Crippen LogP contribution in [0.1, 0.15) is 19.3 Å². The van der Waals surface area contributed by atoms with Crippen molar-refractivity contribution in [3.63, 3.8) is 0 Å². The molecule has 1 aliphatic carbocycles. The Morgan fingerprint density at radius 2 is 2.14 bits per heavy atom. The fraction of sp³-hybridized carbons (Fsp3) is 0.429. The first-order valence-electron chi connectivity index (χ1n) is 6.70. The average Bonchev–Trinajstić information content (AvgIpc) is 2.88. The lowest BCUT2D eigenvalue weighted by Gasteiger charge is -2.16. The van der Waals surface area contributed by atoms with E-state index in [4.69, 9.17) is 16.7 Å². The van der Waals surface area contributed by atoms with Crippen molar-refractivity contribution in [3.05, 3.63) is 29.0 Å². The molecule has 1 fully saturated rings. The highest BCUT2D eigenvalue weighted by molar-refractivity contribution is 6.33. The molecule has 2 amide bonds. The summed E-state index contributed by atoms with van der Waals surface area (Å²) in [4.78, 5) is 22.8. The maximum absolute atomic E-state index is 12.9. The van der Waals surface area contributed by atoms with Crippen molar-refractivity contribution in [2.75, 3.05) is 11.9 Å². The molecule has 1 aromatic carbocycles. The Labute approximate surface area is 126 Å². The third-order valence-electron chi connectivity index (χ3n) is 3.68. The number of urea groups is 1. The molecule has 3 N–H and O–H groups in total. The number of carboxylic acids is 1. The van der Waals surface area contributed by atoms with Gasteiger partial charge in [-0.05, 0) is 37.0 Å². The van der Waals surface area contributed by atoms with E-state index in [1.807, 2.05) is 0 Å². The summed E-state index contributed by atoms with van der Waals surface area (Å²) in [5.74, 6) is -1.76. The zero-order valence-corrected chi connectivity index (χ0v) is 12.0. The van der Waals surface area contributed by atoms with E-state index in [-0.39, 0.29) is 10.9 Å². The molecule has 1 saturated carbocycles. The van der Waals surface area contributed by atoms with Crippen molar-refractivity contribution in [3.8, 4) is 0 Å². The van der Waals surface area contributed by atoms with Gasteiger partial charge in [0.05, 0.1) is 16.6 Å². The molecule has 5 nitrogen and oxygen atoms in total. The zero-order chi connectivity index (χ0) is 15.4. The monoisotopic (exact) mass is 314 g/mol. The number of carbonyl (C=O) groups excluding carboxylic acids is 1. The predicted molar refractivity (Wildman–Crippen MR) is 76.9 cm³/mol. The molecule has 0 bridgehead atoms. The van der Waals surface area contributed by atoms with E-state index in [9.17, 15) is 14.0 Å². The molecule has 0 saturated heterocycles. The Morgan fingerprint density at radius 1 is 1.38 bits per heavy atom. The fourth-order valence-electron chi connectivity index (χ4n) is 2.59. The number of rotatable bonds is 4. The van der Waals surface area contributed by atoms with Crippen LogP contribution in [0, 0.1) is 17.7 Å². The maximum atomic E-state index is 12.9. The van der Waals surface area contributed by atoms with Crippen molar-refractivity contribution in [2.45, 2.75) is 19.3 Å². The van der Waals surface area contributed by atoms with E-state index in [2.05, 4.69) is 10.6 Å². The van der Waals surface area contributed by atoms with Crippen LogP contribution in [-0.2, 0) is 4.79 Å². The van der Waals surface area contributed by atoms with Gasteiger partial charge in [-0.25, -0.2) is 9.18 Å². The van der Waals surface area contributed by atoms with Gasteiger partial charge in [0.25, 0.3) is 0 Å². The highest BCUT2D eigenvalue weighted by Gasteiger charge is 2.32. The highest BCUT2D eigenvalue weighted by Crippen LogP contribution is 2.31. The van der Waals surface area contributed by atoms with E-state index in [1.165, 1.54) is 12.1 Å². The molecule has 0 heterocycles. The second kappa shape index (κ2) is 6.76. The lowest BCUT2D eigenvalue weighted by Crippen LogP contribution is -2.35. The number of anilines is 1. The summed E-state index contributed by atoms with van der Waals surface area (Å²) >= 11 is 5.81. The molecule has 1 aromatic rings. The molecular formula is C14H16ClFN2O3. The number of hydrogen-bond donors (Lipinski definition) is 3. The minimum Gasteiger partial charge on any atom is -0.481 e. The van der Waals surface area contributed by atoms with Gasteiger partial charge in [0, 0.05) is 6.54 Å². The quantitative estimate of drug-likeness (QED) is 0.799. The summed E-state index contributed by atoms with van der Waals surface area (Å²) < 4.78 is 12.9. The van der Waals surface area contributed by atoms with Gasteiger partial charge >= 0.3 is 12.0 Å². The number of amides is 2. The average molecular weight is 315 g/mol. The minimum absolute atomic E-state index is 0.0584. The normalized spacial score (nSPS) is 21.0. The Hall–Kier alpha value is -1.82. The van der Waals surface area contributed by atoms with Crippen molar-refractivity contribution in [2.24, 2.45) is 11.8 Å². The molecule has 0 aliphatic heterocycles. The van der Waals surface area contributed by atoms with E-state index in [0.717, 1.165) is 18.9 Å². The van der Waals surface area contributed by atoms with Crippen molar-refractivity contribution in [1.82, 2.24) is 5.32 Å². The van der Waals surface area contributed by atoms with E-state index >= 15 is 0 Å². The second-order valence-corrected chi connectivity index (χ2v) is 5.50. The Balaban J connectivity index is 1.86. The lowest BCUT2D eigenvalue weighted by atomic mass is 9.96. The van der Waals surface area contributed by atoms with Crippen molar-refractivity contribution < 1.29 is 19.1 Å². The molecule has 114 valence electrons. The van der Waals surface area contributed by atoms with Crippen LogP contribution in [-0.4, -0.2) is 23.7 Å². The molecular weight excluding hydrogens is 299 g/mol. The molecule has 0 aromatic heterocycles. The van der Waals surface area contributed by atoms with Gasteiger partial charge < -0.3 is 15.7 Å². The third kappa shape index (κ3) is 4.07. The topological polar surface area (TPSA) is 78.4 Å². The predicted octanol–water partition coefficient (Wildman–Crippen LogP) is 3.10. The number of nitrogens with one attached hydrogen (secondary N) is 2. The summed E-state index contributed by atoms with van der Waals surface area (Å²) in [5, 5.41) is 14.3. The SMILES string of the molecule is O=C(NCC1CCCC1C(=O)O)Nc1ccc(F)cc1Cl. The molecule has 2 atom stereocenters. The van der Waals surface area contributed by atoms with Gasteiger partial charge in [-0.15, -0.1) is 0 Å². The molecule has 1 aliphatic rings. The van der Waals surface area contributed by atoms with Crippen LogP contribution in [0.3, 0.4) is 0 Å².